The third kappa shape index (κ3) is 3.08. The van der Waals surface area contributed by atoms with Gasteiger partial charge in [-0.05, 0) is 122 Å². The average Bonchev–Trinajstić information content (AvgIpc) is 3.08. The van der Waals surface area contributed by atoms with E-state index >= 15 is 0 Å². The van der Waals surface area contributed by atoms with Gasteiger partial charge in [0.1, 0.15) is 6.10 Å². The molecule has 0 aliphatic heterocycles. The van der Waals surface area contributed by atoms with Gasteiger partial charge in [-0.2, -0.15) is 0 Å². The van der Waals surface area contributed by atoms with Crippen molar-refractivity contribution in [2.24, 2.45) is 56.7 Å². The fourth-order valence-electron chi connectivity index (χ4n) is 11.9. The number of ether oxygens (including phenoxy) is 1. The van der Waals surface area contributed by atoms with Gasteiger partial charge in [0, 0.05) is 12.3 Å². The molecule has 0 spiro atoms. The van der Waals surface area contributed by atoms with Gasteiger partial charge in [-0.3, -0.25) is 4.79 Å². The summed E-state index contributed by atoms with van der Waals surface area (Å²) in [6.45, 7) is 23.9. The van der Waals surface area contributed by atoms with Gasteiger partial charge in [0.15, 0.2) is 0 Å². The summed E-state index contributed by atoms with van der Waals surface area (Å²) in [6.07, 6.45) is 13.4. The molecule has 0 saturated heterocycles. The Morgan fingerprint density at radius 1 is 0.765 bits per heavy atom. The minimum Gasteiger partial charge on any atom is -0.462 e. The number of carbonyl (C=O) groups excluding carboxylic acids is 1. The first-order valence-electron chi connectivity index (χ1n) is 14.5. The molecule has 0 bridgehead atoms. The average molecular weight is 469 g/mol. The van der Waals surface area contributed by atoms with E-state index in [1.165, 1.54) is 63.4 Å². The van der Waals surface area contributed by atoms with Crippen LogP contribution in [0.3, 0.4) is 0 Å². The standard InChI is InChI=1S/C32H52O2/c1-20(2)22-12-15-29(6)18-19-31(8)23(27(22)29)10-11-25-30(7)16-14-26(34-21(3)33)28(4,5)24(30)13-17-32(25,31)9/h22-27H,1,10-19H2,2-9H3/t22-,23-,24+,25+,26+,27+,29+,30+,31-,32-/m1/s1. The molecule has 0 heterocycles. The number of allylic oxidation sites excluding steroid dienone is 1. The van der Waals surface area contributed by atoms with Crippen LogP contribution in [-0.4, -0.2) is 12.1 Å². The fourth-order valence-corrected chi connectivity index (χ4v) is 11.9. The second-order valence-electron chi connectivity index (χ2n) is 15.3. The van der Waals surface area contributed by atoms with Crippen molar-refractivity contribution >= 4 is 5.97 Å². The second-order valence-corrected chi connectivity index (χ2v) is 15.3. The Hall–Kier alpha value is -0.790. The van der Waals surface area contributed by atoms with Crippen LogP contribution < -0.4 is 0 Å². The molecular formula is C32H52O2. The first-order valence-corrected chi connectivity index (χ1v) is 14.5. The molecule has 192 valence electrons. The molecule has 2 nitrogen and oxygen atoms in total. The van der Waals surface area contributed by atoms with Crippen molar-refractivity contribution in [2.45, 2.75) is 126 Å². The van der Waals surface area contributed by atoms with Crippen LogP contribution in [0.2, 0.25) is 0 Å². The van der Waals surface area contributed by atoms with Crippen LogP contribution >= 0.6 is 0 Å². The number of hydrogen-bond acceptors (Lipinski definition) is 2. The Morgan fingerprint density at radius 3 is 2.12 bits per heavy atom. The van der Waals surface area contributed by atoms with E-state index in [0.717, 1.165) is 30.1 Å². The molecular weight excluding hydrogens is 416 g/mol. The molecule has 5 rings (SSSR count). The molecule has 5 aliphatic rings. The minimum absolute atomic E-state index is 0.0550. The van der Waals surface area contributed by atoms with Crippen molar-refractivity contribution in [3.8, 4) is 0 Å². The molecule has 0 unspecified atom stereocenters. The van der Waals surface area contributed by atoms with Crippen molar-refractivity contribution in [3.63, 3.8) is 0 Å². The van der Waals surface area contributed by atoms with Crippen LogP contribution in [0.15, 0.2) is 12.2 Å². The number of carbonyl (C=O) groups is 1. The van der Waals surface area contributed by atoms with E-state index < -0.39 is 0 Å². The summed E-state index contributed by atoms with van der Waals surface area (Å²) in [7, 11) is 0. The quantitative estimate of drug-likeness (QED) is 0.299. The van der Waals surface area contributed by atoms with Gasteiger partial charge in [-0.15, -0.1) is 0 Å². The van der Waals surface area contributed by atoms with Gasteiger partial charge in [0.2, 0.25) is 0 Å². The maximum Gasteiger partial charge on any atom is 0.302 e. The first-order chi connectivity index (χ1) is 15.7. The molecule has 34 heavy (non-hydrogen) atoms. The predicted octanol–water partition coefficient (Wildman–Crippen LogP) is 8.60. The van der Waals surface area contributed by atoms with Crippen LogP contribution in [0, 0.1) is 56.7 Å². The Labute approximate surface area is 210 Å². The zero-order valence-electron chi connectivity index (χ0n) is 23.6. The molecule has 5 fully saturated rings. The number of hydrogen-bond donors (Lipinski definition) is 0. The number of esters is 1. The molecule has 10 atom stereocenters. The van der Waals surface area contributed by atoms with Gasteiger partial charge in [-0.1, -0.05) is 53.7 Å². The van der Waals surface area contributed by atoms with Gasteiger partial charge in [0.25, 0.3) is 0 Å². The van der Waals surface area contributed by atoms with Gasteiger partial charge in [-0.25, -0.2) is 0 Å². The molecule has 0 aromatic rings. The Bertz CT molecular complexity index is 872. The summed E-state index contributed by atoms with van der Waals surface area (Å²) >= 11 is 0. The summed E-state index contributed by atoms with van der Waals surface area (Å²) in [5, 5.41) is 0. The highest BCUT2D eigenvalue weighted by atomic mass is 16.5. The van der Waals surface area contributed by atoms with E-state index in [-0.39, 0.29) is 17.5 Å². The second kappa shape index (κ2) is 7.61. The lowest BCUT2D eigenvalue weighted by Crippen LogP contribution is -2.66. The van der Waals surface area contributed by atoms with Crippen molar-refractivity contribution in [3.05, 3.63) is 12.2 Å². The maximum absolute atomic E-state index is 11.9. The molecule has 0 aromatic heterocycles. The predicted molar refractivity (Wildman–Crippen MR) is 140 cm³/mol. The molecule has 5 saturated carbocycles. The first kappa shape index (κ1) is 24.9. The van der Waals surface area contributed by atoms with Crippen LogP contribution in [0.5, 0.6) is 0 Å². The van der Waals surface area contributed by atoms with Crippen molar-refractivity contribution in [1.29, 1.82) is 0 Å². The largest absolute Gasteiger partial charge is 0.462 e. The highest BCUT2D eigenvalue weighted by Crippen LogP contribution is 2.77. The van der Waals surface area contributed by atoms with Crippen molar-refractivity contribution < 1.29 is 9.53 Å². The van der Waals surface area contributed by atoms with E-state index in [1.807, 2.05) is 0 Å². The highest BCUT2D eigenvalue weighted by molar-refractivity contribution is 5.66. The third-order valence-corrected chi connectivity index (χ3v) is 13.7. The van der Waals surface area contributed by atoms with E-state index in [1.54, 1.807) is 6.92 Å². The molecule has 5 aliphatic carbocycles. The van der Waals surface area contributed by atoms with Gasteiger partial charge < -0.3 is 4.74 Å². The van der Waals surface area contributed by atoms with Crippen LogP contribution in [0.25, 0.3) is 0 Å². The summed E-state index contributed by atoms with van der Waals surface area (Å²) < 4.78 is 5.91. The lowest BCUT2D eigenvalue weighted by Gasteiger charge is -2.73. The van der Waals surface area contributed by atoms with Gasteiger partial charge in [0.05, 0.1) is 0 Å². The van der Waals surface area contributed by atoms with E-state index in [2.05, 4.69) is 55.0 Å². The topological polar surface area (TPSA) is 26.3 Å². The summed E-state index contributed by atoms with van der Waals surface area (Å²) in [5.74, 6) is 3.74. The van der Waals surface area contributed by atoms with Crippen molar-refractivity contribution in [2.75, 3.05) is 0 Å². The fraction of sp³-hybridized carbons (Fsp3) is 0.906. The third-order valence-electron chi connectivity index (χ3n) is 13.7. The summed E-state index contributed by atoms with van der Waals surface area (Å²) in [4.78, 5) is 11.9. The van der Waals surface area contributed by atoms with Gasteiger partial charge >= 0.3 is 5.97 Å². The lowest BCUT2D eigenvalue weighted by molar-refractivity contribution is -0.248. The summed E-state index contributed by atoms with van der Waals surface area (Å²) in [5.41, 5.74) is 3.23. The Morgan fingerprint density at radius 2 is 1.47 bits per heavy atom. The van der Waals surface area contributed by atoms with E-state index in [4.69, 9.17) is 4.74 Å². The normalized spacial score (nSPS) is 53.6. The molecule has 0 radical (unpaired) electrons. The van der Waals surface area contributed by atoms with Crippen LogP contribution in [0.1, 0.15) is 120 Å². The Balaban J connectivity index is 1.50. The highest BCUT2D eigenvalue weighted by Gasteiger charge is 2.70. The monoisotopic (exact) mass is 468 g/mol. The number of fused-ring (bicyclic) bond motifs is 7. The van der Waals surface area contributed by atoms with Crippen molar-refractivity contribution in [1.82, 2.24) is 0 Å². The zero-order valence-corrected chi connectivity index (χ0v) is 23.6. The Kier molecular flexibility index (Phi) is 5.57. The maximum atomic E-state index is 11.9. The minimum atomic E-state index is -0.107. The summed E-state index contributed by atoms with van der Waals surface area (Å²) in [6, 6.07) is 0. The zero-order chi connectivity index (χ0) is 24.9. The van der Waals surface area contributed by atoms with Crippen LogP contribution in [0.4, 0.5) is 0 Å². The molecule has 2 heteroatoms. The molecule has 0 amide bonds. The molecule has 0 aromatic carbocycles. The molecule has 0 N–H and O–H groups in total. The van der Waals surface area contributed by atoms with E-state index in [0.29, 0.717) is 27.6 Å². The van der Waals surface area contributed by atoms with E-state index in [9.17, 15) is 4.79 Å². The SMILES string of the molecule is C=C(C)[C@H]1CC[C@@]2(C)CC[C@]3(C)[C@H](CC[C@H]4[C@@]5(C)CC[C@H](OC(C)=O)C(C)(C)[C@@H]5CC[C@]43C)[C@H]12. The number of rotatable bonds is 2. The smallest absolute Gasteiger partial charge is 0.302 e. The van der Waals surface area contributed by atoms with Crippen LogP contribution in [-0.2, 0) is 9.53 Å². The lowest BCUT2D eigenvalue weighted by atomic mass is 9.32.